The molecule has 41 heavy (non-hydrogen) atoms. The average Bonchev–Trinajstić information content (AvgIpc) is 3.01. The first-order valence-electron chi connectivity index (χ1n) is 14.9. The molecule has 5 rings (SSSR count). The van der Waals surface area contributed by atoms with E-state index in [9.17, 15) is 9.90 Å². The maximum absolute atomic E-state index is 10.5. The molecule has 0 aliphatic heterocycles. The highest BCUT2D eigenvalue weighted by Gasteiger charge is 2.12. The van der Waals surface area contributed by atoms with Gasteiger partial charge in [0, 0.05) is 12.5 Å². The van der Waals surface area contributed by atoms with Gasteiger partial charge in [-0.25, -0.2) is 0 Å². The third-order valence-electron chi connectivity index (χ3n) is 8.20. The van der Waals surface area contributed by atoms with Crippen LogP contribution in [-0.2, 0) is 41.6 Å². The number of rotatable bonds is 13. The Labute approximate surface area is 243 Å². The van der Waals surface area contributed by atoms with Crippen LogP contribution in [0.15, 0.2) is 91.0 Å². The van der Waals surface area contributed by atoms with Gasteiger partial charge in [-0.1, -0.05) is 99.1 Å². The zero-order valence-electron chi connectivity index (χ0n) is 24.2. The molecule has 0 radical (unpaired) electrons. The minimum Gasteiger partial charge on any atom is -0.468 e. The maximum atomic E-state index is 10.5. The minimum atomic E-state index is -0.0751. The van der Waals surface area contributed by atoms with Crippen molar-refractivity contribution in [3.05, 3.63) is 119 Å². The highest BCUT2D eigenvalue weighted by Crippen LogP contribution is 2.29. The molecule has 210 valence electrons. The molecule has 0 heterocycles. The van der Waals surface area contributed by atoms with Crippen LogP contribution in [0.2, 0.25) is 0 Å². The molecule has 0 saturated carbocycles. The first-order chi connectivity index (χ1) is 20.1. The molecule has 0 amide bonds. The number of carbonyl (C=O) groups is 1. The number of aliphatic hydroxyl groups is 1. The summed E-state index contributed by atoms with van der Waals surface area (Å²) in [6, 6.07) is 33.9. The number of carbonyl (C=O) groups excluding carboxylic acids is 1. The fourth-order valence-electron chi connectivity index (χ4n) is 5.89. The van der Waals surface area contributed by atoms with E-state index in [1.807, 2.05) is 0 Å². The van der Waals surface area contributed by atoms with E-state index < -0.39 is 0 Å². The van der Waals surface area contributed by atoms with Crippen LogP contribution in [-0.4, -0.2) is 24.8 Å². The van der Waals surface area contributed by atoms with Gasteiger partial charge in [-0.15, -0.1) is 0 Å². The number of hydrogen-bond donors (Lipinski definition) is 1. The SMILES string of the molecule is CCCc1ccc2cc(-c3ccc4cc(CCc5ccc(CC(CO)COC=O)cc5CC)ccc4c3)ccc2c1. The fourth-order valence-corrected chi connectivity index (χ4v) is 5.89. The molecule has 0 aromatic heterocycles. The molecular weight excluding hydrogens is 504 g/mol. The molecule has 3 heteroatoms. The molecule has 0 fully saturated rings. The van der Waals surface area contributed by atoms with Crippen molar-refractivity contribution >= 4 is 28.0 Å². The minimum absolute atomic E-state index is 0.00263. The molecule has 1 atom stereocenters. The third kappa shape index (κ3) is 7.04. The highest BCUT2D eigenvalue weighted by molar-refractivity contribution is 5.91. The number of benzene rings is 5. The van der Waals surface area contributed by atoms with Gasteiger partial charge in [-0.3, -0.25) is 4.79 Å². The van der Waals surface area contributed by atoms with Crippen molar-refractivity contribution in [1.29, 1.82) is 0 Å². The number of aliphatic hydroxyl groups excluding tert-OH is 1. The Morgan fingerprint density at radius 2 is 1.24 bits per heavy atom. The van der Waals surface area contributed by atoms with Crippen molar-refractivity contribution in [2.45, 2.75) is 52.4 Å². The predicted molar refractivity (Wildman–Crippen MR) is 170 cm³/mol. The molecule has 0 bridgehead atoms. The zero-order chi connectivity index (χ0) is 28.6. The lowest BCUT2D eigenvalue weighted by atomic mass is 9.92. The Morgan fingerprint density at radius 3 is 1.83 bits per heavy atom. The van der Waals surface area contributed by atoms with Gasteiger partial charge in [-0.05, 0) is 105 Å². The molecule has 0 spiro atoms. The molecule has 0 saturated heterocycles. The molecule has 3 nitrogen and oxygen atoms in total. The summed E-state index contributed by atoms with van der Waals surface area (Å²) in [5.41, 5.74) is 9.14. The zero-order valence-corrected chi connectivity index (χ0v) is 24.2. The smallest absolute Gasteiger partial charge is 0.293 e. The fraction of sp³-hybridized carbons (Fsp3) is 0.289. The summed E-state index contributed by atoms with van der Waals surface area (Å²) < 4.78 is 4.87. The molecular formula is C38H40O3. The monoisotopic (exact) mass is 544 g/mol. The van der Waals surface area contributed by atoms with Crippen LogP contribution in [0.25, 0.3) is 32.7 Å². The largest absolute Gasteiger partial charge is 0.468 e. The van der Waals surface area contributed by atoms with Gasteiger partial charge >= 0.3 is 0 Å². The lowest BCUT2D eigenvalue weighted by Gasteiger charge is -2.15. The van der Waals surface area contributed by atoms with Gasteiger partial charge in [0.05, 0.1) is 6.61 Å². The summed E-state index contributed by atoms with van der Waals surface area (Å²) in [5, 5.41) is 14.8. The average molecular weight is 545 g/mol. The van der Waals surface area contributed by atoms with E-state index in [2.05, 4.69) is 105 Å². The second kappa shape index (κ2) is 13.6. The Morgan fingerprint density at radius 1 is 0.659 bits per heavy atom. The first-order valence-corrected chi connectivity index (χ1v) is 14.9. The van der Waals surface area contributed by atoms with Crippen LogP contribution in [0.4, 0.5) is 0 Å². The van der Waals surface area contributed by atoms with Gasteiger partial charge < -0.3 is 9.84 Å². The normalized spacial score (nSPS) is 12.1. The molecule has 1 unspecified atom stereocenters. The van der Waals surface area contributed by atoms with Gasteiger partial charge in [0.1, 0.15) is 0 Å². The van der Waals surface area contributed by atoms with Crippen LogP contribution < -0.4 is 0 Å². The summed E-state index contributed by atoms with van der Waals surface area (Å²) in [6.07, 6.45) is 5.94. The maximum Gasteiger partial charge on any atom is 0.293 e. The Kier molecular flexibility index (Phi) is 9.48. The van der Waals surface area contributed by atoms with E-state index >= 15 is 0 Å². The number of ether oxygens (including phenoxy) is 1. The Hall–Kier alpha value is -3.95. The number of fused-ring (bicyclic) bond motifs is 2. The molecule has 0 aliphatic rings. The van der Waals surface area contributed by atoms with E-state index in [4.69, 9.17) is 4.74 Å². The van der Waals surface area contributed by atoms with Crippen molar-refractivity contribution in [1.82, 2.24) is 0 Å². The van der Waals surface area contributed by atoms with Crippen LogP contribution in [0.5, 0.6) is 0 Å². The topological polar surface area (TPSA) is 46.5 Å². The van der Waals surface area contributed by atoms with Gasteiger partial charge in [0.2, 0.25) is 0 Å². The van der Waals surface area contributed by atoms with Crippen molar-refractivity contribution in [2.24, 2.45) is 5.92 Å². The van der Waals surface area contributed by atoms with Crippen LogP contribution in [0.3, 0.4) is 0 Å². The van der Waals surface area contributed by atoms with Gasteiger partial charge in [-0.2, -0.15) is 0 Å². The highest BCUT2D eigenvalue weighted by atomic mass is 16.5. The van der Waals surface area contributed by atoms with E-state index in [0.29, 0.717) is 12.9 Å². The predicted octanol–water partition coefficient (Wildman–Crippen LogP) is 8.28. The standard InChI is InChI=1S/C38H40O3/c1-3-5-27-7-12-35-22-37(16-14-33(35)19-27)38-17-15-34-20-28(8-13-36(34)23-38)6-10-32-11-9-29(21-31(32)4-2)18-30(24-39)25-41-26-40/h7-9,11-17,19-23,26,30,39H,3-6,10,18,24-25H2,1-2H3. The molecule has 1 N–H and O–H groups in total. The van der Waals surface area contributed by atoms with Crippen molar-refractivity contribution in [3.63, 3.8) is 0 Å². The lowest BCUT2D eigenvalue weighted by Crippen LogP contribution is -2.16. The van der Waals surface area contributed by atoms with Crippen molar-refractivity contribution < 1.29 is 14.6 Å². The number of hydrogen-bond acceptors (Lipinski definition) is 3. The number of aryl methyl sites for hydroxylation is 4. The summed E-state index contributed by atoms with van der Waals surface area (Å²) in [4.78, 5) is 10.5. The van der Waals surface area contributed by atoms with E-state index in [1.54, 1.807) is 0 Å². The molecule has 5 aromatic carbocycles. The van der Waals surface area contributed by atoms with E-state index in [1.165, 1.54) is 66.9 Å². The summed E-state index contributed by atoms with van der Waals surface area (Å²) in [6.45, 7) is 5.11. The van der Waals surface area contributed by atoms with Crippen molar-refractivity contribution in [3.8, 4) is 11.1 Å². The van der Waals surface area contributed by atoms with E-state index in [0.717, 1.165) is 25.7 Å². The quantitative estimate of drug-likeness (QED) is 0.152. The molecule has 5 aromatic rings. The van der Waals surface area contributed by atoms with E-state index in [-0.39, 0.29) is 19.1 Å². The Bertz CT molecular complexity index is 1630. The van der Waals surface area contributed by atoms with Crippen LogP contribution >= 0.6 is 0 Å². The Balaban J connectivity index is 1.28. The second-order valence-corrected chi connectivity index (χ2v) is 11.2. The molecule has 0 aliphatic carbocycles. The first kappa shape index (κ1) is 28.6. The summed E-state index contributed by atoms with van der Waals surface area (Å²) in [7, 11) is 0. The van der Waals surface area contributed by atoms with Gasteiger partial charge in [0.15, 0.2) is 0 Å². The summed E-state index contributed by atoms with van der Waals surface area (Å²) >= 11 is 0. The summed E-state index contributed by atoms with van der Waals surface area (Å²) in [5.74, 6) is -0.0751. The third-order valence-corrected chi connectivity index (χ3v) is 8.20. The lowest BCUT2D eigenvalue weighted by molar-refractivity contribution is -0.130. The van der Waals surface area contributed by atoms with Gasteiger partial charge in [0.25, 0.3) is 6.47 Å². The van der Waals surface area contributed by atoms with Crippen molar-refractivity contribution in [2.75, 3.05) is 13.2 Å². The second-order valence-electron chi connectivity index (χ2n) is 11.2. The van der Waals surface area contributed by atoms with Crippen LogP contribution in [0.1, 0.15) is 48.1 Å². The van der Waals surface area contributed by atoms with Crippen LogP contribution in [0, 0.1) is 5.92 Å².